The predicted molar refractivity (Wildman–Crippen MR) is 152 cm³/mol. The van der Waals surface area contributed by atoms with Crippen molar-refractivity contribution in [1.82, 2.24) is 10.2 Å². The van der Waals surface area contributed by atoms with Gasteiger partial charge >= 0.3 is 6.09 Å². The first kappa shape index (κ1) is 31.4. The van der Waals surface area contributed by atoms with Crippen molar-refractivity contribution in [3.05, 3.63) is 66.2 Å². The van der Waals surface area contributed by atoms with Crippen molar-refractivity contribution in [2.45, 2.75) is 64.6 Å². The van der Waals surface area contributed by atoms with E-state index in [0.717, 1.165) is 18.4 Å². The molecule has 0 fully saturated rings. The van der Waals surface area contributed by atoms with E-state index in [2.05, 4.69) is 17.2 Å². The number of unbranched alkanes of at least 4 members (excludes halogenated alkanes) is 2. The summed E-state index contributed by atoms with van der Waals surface area (Å²) in [5, 5.41) is 15.4. The second-order valence-corrected chi connectivity index (χ2v) is 10.1. The molecule has 212 valence electrons. The molecule has 0 aliphatic carbocycles. The molecule has 0 saturated heterocycles. The summed E-state index contributed by atoms with van der Waals surface area (Å²) < 4.78 is 10.5. The molecule has 9 nitrogen and oxygen atoms in total. The fourth-order valence-electron chi connectivity index (χ4n) is 3.95. The Hall–Kier alpha value is -3.85. The van der Waals surface area contributed by atoms with E-state index in [1.807, 2.05) is 13.0 Å². The fourth-order valence-corrected chi connectivity index (χ4v) is 3.95. The van der Waals surface area contributed by atoms with E-state index in [-0.39, 0.29) is 6.54 Å². The van der Waals surface area contributed by atoms with Gasteiger partial charge < -0.3 is 30.1 Å². The van der Waals surface area contributed by atoms with Crippen molar-refractivity contribution >= 4 is 29.7 Å². The van der Waals surface area contributed by atoms with Crippen LogP contribution in [0.15, 0.2) is 55.1 Å². The average Bonchev–Trinajstić information content (AvgIpc) is 2.90. The third kappa shape index (κ3) is 9.76. The largest absolute Gasteiger partial charge is 0.497 e. The summed E-state index contributed by atoms with van der Waals surface area (Å²) in [6.45, 7) is 10.5. The van der Waals surface area contributed by atoms with E-state index in [9.17, 15) is 19.5 Å². The Balaban J connectivity index is 2.50. The highest BCUT2D eigenvalue weighted by atomic mass is 16.6. The van der Waals surface area contributed by atoms with Crippen LogP contribution in [0.4, 0.5) is 10.5 Å². The molecular formula is C30H41N3O6. The van der Waals surface area contributed by atoms with Gasteiger partial charge in [0.05, 0.1) is 13.7 Å². The van der Waals surface area contributed by atoms with Gasteiger partial charge in [0.1, 0.15) is 23.4 Å². The molecule has 3 N–H and O–H groups in total. The molecule has 0 saturated carbocycles. The zero-order valence-electron chi connectivity index (χ0n) is 23.5. The third-order valence-corrected chi connectivity index (χ3v) is 5.84. The number of carbonyl (C=O) groups is 3. The number of aliphatic hydroxyl groups excluding tert-OH is 1. The van der Waals surface area contributed by atoms with Crippen LogP contribution in [0.2, 0.25) is 0 Å². The molecule has 3 amide bonds. The molecule has 0 heterocycles. The summed E-state index contributed by atoms with van der Waals surface area (Å²) in [5.41, 5.74) is 1.08. The Bertz CT molecular complexity index is 1110. The number of methoxy groups -OCH3 is 1. The number of nitrogens with one attached hydrogen (secondary N) is 2. The summed E-state index contributed by atoms with van der Waals surface area (Å²) in [7, 11) is 1.55. The zero-order valence-corrected chi connectivity index (χ0v) is 23.5. The first-order valence-corrected chi connectivity index (χ1v) is 13.1. The Morgan fingerprint density at radius 2 is 1.79 bits per heavy atom. The fraction of sp³-hybridized carbons (Fsp3) is 0.433. The molecule has 2 atom stereocenters. The van der Waals surface area contributed by atoms with Gasteiger partial charge in [-0.05, 0) is 68.7 Å². The molecule has 0 aliphatic heterocycles. The number of anilines is 1. The zero-order chi connectivity index (χ0) is 29.0. The molecule has 2 aromatic carbocycles. The third-order valence-electron chi connectivity index (χ3n) is 5.84. The highest BCUT2D eigenvalue weighted by molar-refractivity contribution is 5.99. The Kier molecular flexibility index (Phi) is 12.0. The van der Waals surface area contributed by atoms with E-state index in [1.165, 1.54) is 4.90 Å². The predicted octanol–water partition coefficient (Wildman–Crippen LogP) is 4.92. The maximum absolute atomic E-state index is 13.9. The number of alkyl carbamates (subject to hydrolysis) is 1. The second-order valence-electron chi connectivity index (χ2n) is 10.1. The van der Waals surface area contributed by atoms with E-state index in [4.69, 9.17) is 9.47 Å². The van der Waals surface area contributed by atoms with Gasteiger partial charge in [0, 0.05) is 12.2 Å². The number of ether oxygens (including phenoxy) is 2. The minimum Gasteiger partial charge on any atom is -0.497 e. The molecule has 0 spiro atoms. The lowest BCUT2D eigenvalue weighted by Crippen LogP contribution is -2.54. The van der Waals surface area contributed by atoms with Crippen LogP contribution in [0.5, 0.6) is 5.75 Å². The summed E-state index contributed by atoms with van der Waals surface area (Å²) in [4.78, 5) is 41.6. The summed E-state index contributed by atoms with van der Waals surface area (Å²) in [5.74, 6) is -0.405. The summed E-state index contributed by atoms with van der Waals surface area (Å²) >= 11 is 0. The second kappa shape index (κ2) is 14.9. The number of benzene rings is 2. The number of nitrogens with zero attached hydrogens (tertiary/aromatic N) is 1. The molecular weight excluding hydrogens is 498 g/mol. The lowest BCUT2D eigenvalue weighted by atomic mass is 9.99. The molecule has 0 radical (unpaired) electrons. The number of aliphatic hydroxyl groups is 1. The molecule has 39 heavy (non-hydrogen) atoms. The molecule has 2 unspecified atom stereocenters. The lowest BCUT2D eigenvalue weighted by molar-refractivity contribution is -0.141. The van der Waals surface area contributed by atoms with Crippen LogP contribution < -0.4 is 15.4 Å². The van der Waals surface area contributed by atoms with Gasteiger partial charge in [-0.1, -0.05) is 50.6 Å². The van der Waals surface area contributed by atoms with Gasteiger partial charge in [-0.25, -0.2) is 4.79 Å². The van der Waals surface area contributed by atoms with Crippen molar-refractivity contribution in [2.75, 3.05) is 25.6 Å². The Labute approximate surface area is 231 Å². The monoisotopic (exact) mass is 539 g/mol. The van der Waals surface area contributed by atoms with Crippen molar-refractivity contribution < 1.29 is 29.0 Å². The molecule has 0 aromatic heterocycles. The van der Waals surface area contributed by atoms with Gasteiger partial charge in [0.2, 0.25) is 5.91 Å². The quantitative estimate of drug-likeness (QED) is 0.311. The normalized spacial score (nSPS) is 12.6. The Morgan fingerprint density at radius 1 is 1.10 bits per heavy atom. The van der Waals surface area contributed by atoms with Crippen LogP contribution >= 0.6 is 0 Å². The maximum Gasteiger partial charge on any atom is 0.408 e. The number of rotatable bonds is 13. The molecule has 9 heteroatoms. The number of hydrogen-bond donors (Lipinski definition) is 3. The molecule has 0 aliphatic rings. The molecule has 2 rings (SSSR count). The van der Waals surface area contributed by atoms with Crippen LogP contribution in [0.3, 0.4) is 0 Å². The molecule has 2 aromatic rings. The standard InChI is InChI=1S/C30H41N3O6/c1-7-9-10-18-33(28(36)25(20-34)32-29(37)39-30(3,4)5)26(22-13-11-12-21(8-2)19-22)27(35)31-23-14-16-24(38-6)17-15-23/h8,11-17,19,25-26,34H,2,7,9-10,18,20H2,1,3-6H3,(H,31,35)(H,32,37). The van der Waals surface area contributed by atoms with Gasteiger partial charge in [-0.15, -0.1) is 0 Å². The number of hydrogen-bond acceptors (Lipinski definition) is 6. The van der Waals surface area contributed by atoms with Crippen molar-refractivity contribution in [1.29, 1.82) is 0 Å². The highest BCUT2D eigenvalue weighted by Crippen LogP contribution is 2.27. The van der Waals surface area contributed by atoms with Crippen LogP contribution in [0.25, 0.3) is 6.08 Å². The maximum atomic E-state index is 13.9. The van der Waals surface area contributed by atoms with Gasteiger partial charge in [0.25, 0.3) is 5.91 Å². The first-order chi connectivity index (χ1) is 18.5. The van der Waals surface area contributed by atoms with Gasteiger partial charge in [0.15, 0.2) is 0 Å². The van der Waals surface area contributed by atoms with Crippen LogP contribution in [0, 0.1) is 0 Å². The number of amides is 3. The minimum atomic E-state index is -1.31. The summed E-state index contributed by atoms with van der Waals surface area (Å²) in [6, 6.07) is 11.7. The van der Waals surface area contributed by atoms with Gasteiger partial charge in [-0.3, -0.25) is 9.59 Å². The number of carbonyl (C=O) groups excluding carboxylic acids is 3. The van der Waals surface area contributed by atoms with Crippen LogP contribution in [0.1, 0.15) is 64.1 Å². The topological polar surface area (TPSA) is 117 Å². The molecule has 0 bridgehead atoms. The van der Waals surface area contributed by atoms with E-state index < -0.39 is 42.2 Å². The first-order valence-electron chi connectivity index (χ1n) is 13.1. The van der Waals surface area contributed by atoms with E-state index in [1.54, 1.807) is 76.4 Å². The van der Waals surface area contributed by atoms with E-state index in [0.29, 0.717) is 23.4 Å². The average molecular weight is 540 g/mol. The van der Waals surface area contributed by atoms with Crippen molar-refractivity contribution in [2.24, 2.45) is 0 Å². The van der Waals surface area contributed by atoms with Gasteiger partial charge in [-0.2, -0.15) is 0 Å². The van der Waals surface area contributed by atoms with Crippen LogP contribution in [-0.4, -0.2) is 59.8 Å². The van der Waals surface area contributed by atoms with Crippen molar-refractivity contribution in [3.63, 3.8) is 0 Å². The summed E-state index contributed by atoms with van der Waals surface area (Å²) in [6.07, 6.45) is 3.17. The SMILES string of the molecule is C=Cc1cccc(C(C(=O)Nc2ccc(OC)cc2)N(CCCCC)C(=O)C(CO)NC(=O)OC(C)(C)C)c1. The lowest BCUT2D eigenvalue weighted by Gasteiger charge is -2.34. The van der Waals surface area contributed by atoms with Crippen molar-refractivity contribution in [3.8, 4) is 5.75 Å². The van der Waals surface area contributed by atoms with E-state index >= 15 is 0 Å². The highest BCUT2D eigenvalue weighted by Gasteiger charge is 2.36. The van der Waals surface area contributed by atoms with Crippen LogP contribution in [-0.2, 0) is 14.3 Å². The Morgan fingerprint density at radius 3 is 2.36 bits per heavy atom. The smallest absolute Gasteiger partial charge is 0.408 e. The minimum absolute atomic E-state index is 0.234.